The number of aliphatic hydroxyl groups is 1. The van der Waals surface area contributed by atoms with E-state index in [1.807, 2.05) is 12.1 Å². The van der Waals surface area contributed by atoms with Crippen molar-refractivity contribution >= 4 is 0 Å². The van der Waals surface area contributed by atoms with E-state index in [4.69, 9.17) is 18.9 Å². The Bertz CT molecular complexity index is 1020. The van der Waals surface area contributed by atoms with Crippen LogP contribution in [-0.4, -0.2) is 81.7 Å². The van der Waals surface area contributed by atoms with Crippen LogP contribution in [-0.2, 0) is 11.3 Å². The molecule has 0 radical (unpaired) electrons. The Labute approximate surface area is 220 Å². The lowest BCUT2D eigenvalue weighted by molar-refractivity contribution is -0.000774. The number of methoxy groups -OCH3 is 3. The van der Waals surface area contributed by atoms with Gasteiger partial charge in [0, 0.05) is 32.7 Å². The Balaban J connectivity index is 1.28. The molecule has 1 aliphatic heterocycles. The van der Waals surface area contributed by atoms with Crippen LogP contribution in [0.5, 0.6) is 17.2 Å². The fourth-order valence-corrected chi connectivity index (χ4v) is 4.97. The summed E-state index contributed by atoms with van der Waals surface area (Å²) in [7, 11) is 4.76. The maximum atomic E-state index is 10.6. The minimum atomic E-state index is -0.562. The fraction of sp³-hybridized carbons (Fsp3) is 0.400. The summed E-state index contributed by atoms with van der Waals surface area (Å²) in [5, 5.41) is 10.6. The van der Waals surface area contributed by atoms with Gasteiger partial charge in [0.15, 0.2) is 11.5 Å². The number of β-amino-alcohol motifs (C(OH)–C–C–N with tert-alkyl or cyclic N) is 1. The summed E-state index contributed by atoms with van der Waals surface area (Å²) in [5.74, 6) is 1.72. The number of rotatable bonds is 12. The van der Waals surface area contributed by atoms with Gasteiger partial charge in [0.2, 0.25) is 5.75 Å². The first kappa shape index (κ1) is 26.9. The average molecular weight is 507 g/mol. The molecule has 1 saturated heterocycles. The number of hydrogen-bond donors (Lipinski definition) is 1. The number of nitrogens with zero attached hydrogens (tertiary/aromatic N) is 2. The van der Waals surface area contributed by atoms with Crippen molar-refractivity contribution in [2.75, 3.05) is 60.7 Å². The molecule has 0 aliphatic carbocycles. The van der Waals surface area contributed by atoms with Gasteiger partial charge in [-0.3, -0.25) is 9.80 Å². The van der Waals surface area contributed by atoms with Gasteiger partial charge in [0.1, 0.15) is 0 Å². The summed E-state index contributed by atoms with van der Waals surface area (Å²) in [5.41, 5.74) is 3.51. The summed E-state index contributed by atoms with van der Waals surface area (Å²) < 4.78 is 22.0. The van der Waals surface area contributed by atoms with Gasteiger partial charge in [0.25, 0.3) is 0 Å². The Hall–Kier alpha value is -3.10. The summed E-state index contributed by atoms with van der Waals surface area (Å²) >= 11 is 0. The van der Waals surface area contributed by atoms with E-state index in [2.05, 4.69) is 70.5 Å². The molecule has 7 nitrogen and oxygen atoms in total. The molecule has 0 amide bonds. The number of piperazine rings is 1. The van der Waals surface area contributed by atoms with Crippen molar-refractivity contribution in [3.05, 3.63) is 89.5 Å². The molecule has 0 aromatic heterocycles. The predicted molar refractivity (Wildman–Crippen MR) is 145 cm³/mol. The minimum Gasteiger partial charge on any atom is -0.493 e. The van der Waals surface area contributed by atoms with Crippen LogP contribution < -0.4 is 14.2 Å². The van der Waals surface area contributed by atoms with Crippen LogP contribution in [0.3, 0.4) is 0 Å². The van der Waals surface area contributed by atoms with Crippen molar-refractivity contribution in [3.63, 3.8) is 0 Å². The highest BCUT2D eigenvalue weighted by atomic mass is 16.5. The molecule has 1 N–H and O–H groups in total. The molecule has 1 atom stereocenters. The Kier molecular flexibility index (Phi) is 9.79. The third-order valence-corrected chi connectivity index (χ3v) is 6.78. The van der Waals surface area contributed by atoms with E-state index in [1.165, 1.54) is 11.1 Å². The molecule has 0 spiro atoms. The highest BCUT2D eigenvalue weighted by molar-refractivity contribution is 5.53. The third kappa shape index (κ3) is 7.02. The Morgan fingerprint density at radius 1 is 0.757 bits per heavy atom. The van der Waals surface area contributed by atoms with Crippen molar-refractivity contribution in [2.24, 2.45) is 0 Å². The molecule has 198 valence electrons. The normalized spacial score (nSPS) is 15.5. The minimum absolute atomic E-state index is 0.233. The van der Waals surface area contributed by atoms with Crippen LogP contribution in [0.2, 0.25) is 0 Å². The van der Waals surface area contributed by atoms with Crippen molar-refractivity contribution in [2.45, 2.75) is 18.8 Å². The molecule has 7 heteroatoms. The van der Waals surface area contributed by atoms with E-state index in [9.17, 15) is 5.11 Å². The van der Waals surface area contributed by atoms with E-state index in [0.29, 0.717) is 30.4 Å². The van der Waals surface area contributed by atoms with E-state index in [0.717, 1.165) is 31.7 Å². The molecule has 37 heavy (non-hydrogen) atoms. The van der Waals surface area contributed by atoms with Gasteiger partial charge in [-0.05, 0) is 28.8 Å². The SMILES string of the molecule is COc1cc(COC[C@@H](O)CN2CCN(C(c3ccccc3)c3ccccc3)CC2)cc(OC)c1OC. The fourth-order valence-electron chi connectivity index (χ4n) is 4.97. The first-order valence-electron chi connectivity index (χ1n) is 12.7. The standard InChI is InChI=1S/C30H38N2O5/c1-34-27-18-23(19-28(35-2)30(27)36-3)21-37-22-26(33)20-31-14-16-32(17-15-31)29(24-10-6-4-7-11-24)25-12-8-5-9-13-25/h4-13,18-19,26,29,33H,14-17,20-22H2,1-3H3/t26-/m0/s1. The lowest BCUT2D eigenvalue weighted by atomic mass is 9.96. The molecule has 0 unspecified atom stereocenters. The number of aliphatic hydroxyl groups excluding tert-OH is 1. The molecular formula is C30H38N2O5. The highest BCUT2D eigenvalue weighted by Gasteiger charge is 2.27. The maximum Gasteiger partial charge on any atom is 0.203 e. The third-order valence-electron chi connectivity index (χ3n) is 6.78. The number of ether oxygens (including phenoxy) is 4. The van der Waals surface area contributed by atoms with Crippen molar-refractivity contribution in [1.29, 1.82) is 0 Å². The first-order chi connectivity index (χ1) is 18.1. The van der Waals surface area contributed by atoms with Gasteiger partial charge >= 0.3 is 0 Å². The zero-order chi connectivity index (χ0) is 26.0. The molecular weight excluding hydrogens is 468 g/mol. The lowest BCUT2D eigenvalue weighted by Crippen LogP contribution is -2.50. The average Bonchev–Trinajstić information content (AvgIpc) is 2.94. The molecule has 1 fully saturated rings. The molecule has 1 aliphatic rings. The van der Waals surface area contributed by atoms with Crippen LogP contribution in [0.4, 0.5) is 0 Å². The van der Waals surface area contributed by atoms with Crippen LogP contribution in [0.1, 0.15) is 22.7 Å². The summed E-state index contributed by atoms with van der Waals surface area (Å²) in [6.45, 7) is 4.87. The van der Waals surface area contributed by atoms with Crippen molar-refractivity contribution in [1.82, 2.24) is 9.80 Å². The quantitative estimate of drug-likeness (QED) is 0.398. The lowest BCUT2D eigenvalue weighted by Gasteiger charge is -2.40. The maximum absolute atomic E-state index is 10.6. The van der Waals surface area contributed by atoms with Crippen LogP contribution in [0.15, 0.2) is 72.8 Å². The number of hydrogen-bond acceptors (Lipinski definition) is 7. The second kappa shape index (κ2) is 13.4. The van der Waals surface area contributed by atoms with Gasteiger partial charge < -0.3 is 24.1 Å². The summed E-state index contributed by atoms with van der Waals surface area (Å²) in [6, 6.07) is 25.3. The van der Waals surface area contributed by atoms with E-state index in [-0.39, 0.29) is 12.6 Å². The smallest absolute Gasteiger partial charge is 0.203 e. The summed E-state index contributed by atoms with van der Waals surface area (Å²) in [4.78, 5) is 4.85. The molecule has 0 bridgehead atoms. The zero-order valence-electron chi connectivity index (χ0n) is 22.0. The molecule has 3 aromatic carbocycles. The monoisotopic (exact) mass is 506 g/mol. The highest BCUT2D eigenvalue weighted by Crippen LogP contribution is 2.38. The molecule has 0 saturated carbocycles. The topological polar surface area (TPSA) is 63.6 Å². The summed E-state index contributed by atoms with van der Waals surface area (Å²) in [6.07, 6.45) is -0.562. The molecule has 3 aromatic rings. The van der Waals surface area contributed by atoms with Crippen LogP contribution in [0.25, 0.3) is 0 Å². The zero-order valence-corrected chi connectivity index (χ0v) is 22.0. The second-order valence-corrected chi connectivity index (χ2v) is 9.26. The van der Waals surface area contributed by atoms with Crippen LogP contribution in [0, 0.1) is 0 Å². The first-order valence-corrected chi connectivity index (χ1v) is 12.7. The van der Waals surface area contributed by atoms with Gasteiger partial charge in [-0.15, -0.1) is 0 Å². The van der Waals surface area contributed by atoms with Gasteiger partial charge in [-0.1, -0.05) is 60.7 Å². The van der Waals surface area contributed by atoms with E-state index < -0.39 is 6.10 Å². The Morgan fingerprint density at radius 3 is 1.78 bits per heavy atom. The molecule has 1 heterocycles. The van der Waals surface area contributed by atoms with E-state index in [1.54, 1.807) is 21.3 Å². The van der Waals surface area contributed by atoms with Crippen LogP contribution >= 0.6 is 0 Å². The second-order valence-electron chi connectivity index (χ2n) is 9.26. The van der Waals surface area contributed by atoms with Crippen molar-refractivity contribution < 1.29 is 24.1 Å². The van der Waals surface area contributed by atoms with Gasteiger partial charge in [0.05, 0.1) is 46.7 Å². The van der Waals surface area contributed by atoms with Gasteiger partial charge in [-0.25, -0.2) is 0 Å². The molecule has 4 rings (SSSR count). The van der Waals surface area contributed by atoms with E-state index >= 15 is 0 Å². The van der Waals surface area contributed by atoms with Gasteiger partial charge in [-0.2, -0.15) is 0 Å². The number of benzene rings is 3. The Morgan fingerprint density at radius 2 is 1.30 bits per heavy atom. The van der Waals surface area contributed by atoms with Crippen molar-refractivity contribution in [3.8, 4) is 17.2 Å². The largest absolute Gasteiger partial charge is 0.493 e. The predicted octanol–water partition coefficient (Wildman–Crippen LogP) is 4.00.